The maximum atomic E-state index is 13.0. The predicted molar refractivity (Wildman–Crippen MR) is 110 cm³/mol. The van der Waals surface area contributed by atoms with Gasteiger partial charge in [-0.25, -0.2) is 8.42 Å². The minimum atomic E-state index is -3.52. The molecule has 2 aromatic carbocycles. The molecule has 0 atom stereocenters. The number of fused-ring (bicyclic) bond motifs is 1. The zero-order valence-electron chi connectivity index (χ0n) is 17.0. The van der Waals surface area contributed by atoms with Crippen LogP contribution in [0.1, 0.15) is 44.4 Å². The standard InChI is InChI=1S/C21H26BNO4S/c1-15-6-10-19(11-7-15)28(24,25)23-13-16-8-9-18(12-17(16)14-23)22-26-20(2,3)21(4,5)27-22/h6-12H,13-14H2,1-5H3. The van der Waals surface area contributed by atoms with Gasteiger partial charge in [-0.05, 0) is 63.3 Å². The normalized spacial score (nSPS) is 21.1. The molecule has 0 aromatic heterocycles. The van der Waals surface area contributed by atoms with Crippen LogP contribution in [-0.4, -0.2) is 31.0 Å². The first kappa shape index (κ1) is 19.6. The number of hydrogen-bond donors (Lipinski definition) is 0. The fourth-order valence-electron chi connectivity index (χ4n) is 3.54. The quantitative estimate of drug-likeness (QED) is 0.745. The summed E-state index contributed by atoms with van der Waals surface area (Å²) in [4.78, 5) is 0.331. The molecule has 0 N–H and O–H groups in total. The summed E-state index contributed by atoms with van der Waals surface area (Å²) in [5, 5.41) is 0. The maximum absolute atomic E-state index is 13.0. The summed E-state index contributed by atoms with van der Waals surface area (Å²) >= 11 is 0. The van der Waals surface area contributed by atoms with Crippen molar-refractivity contribution in [2.45, 2.75) is 63.8 Å². The summed E-state index contributed by atoms with van der Waals surface area (Å²) in [6, 6.07) is 13.0. The smallest absolute Gasteiger partial charge is 0.399 e. The number of aryl methyl sites for hydroxylation is 1. The average Bonchev–Trinajstić information content (AvgIpc) is 3.13. The van der Waals surface area contributed by atoms with E-state index < -0.39 is 28.3 Å². The van der Waals surface area contributed by atoms with Crippen LogP contribution >= 0.6 is 0 Å². The van der Waals surface area contributed by atoms with Gasteiger partial charge in [0.05, 0.1) is 16.1 Å². The Bertz CT molecular complexity index is 999. The Morgan fingerprint density at radius 3 is 2.07 bits per heavy atom. The first-order chi connectivity index (χ1) is 13.0. The molecule has 0 bridgehead atoms. The molecule has 0 amide bonds. The van der Waals surface area contributed by atoms with Crippen LogP contribution in [0.2, 0.25) is 0 Å². The van der Waals surface area contributed by atoms with Gasteiger partial charge in [-0.15, -0.1) is 0 Å². The van der Waals surface area contributed by atoms with Gasteiger partial charge in [0.2, 0.25) is 10.0 Å². The van der Waals surface area contributed by atoms with E-state index in [1.165, 1.54) is 4.31 Å². The van der Waals surface area contributed by atoms with E-state index in [4.69, 9.17) is 9.31 Å². The van der Waals surface area contributed by atoms with Crippen molar-refractivity contribution in [2.75, 3.05) is 0 Å². The van der Waals surface area contributed by atoms with Crippen LogP contribution in [0, 0.1) is 6.92 Å². The Morgan fingerprint density at radius 2 is 1.46 bits per heavy atom. The summed E-state index contributed by atoms with van der Waals surface area (Å²) < 4.78 is 39.8. The monoisotopic (exact) mass is 399 g/mol. The summed E-state index contributed by atoms with van der Waals surface area (Å²) in [6.07, 6.45) is 0. The van der Waals surface area contributed by atoms with Gasteiger partial charge in [-0.1, -0.05) is 35.9 Å². The minimum absolute atomic E-state index is 0.331. The van der Waals surface area contributed by atoms with Crippen molar-refractivity contribution in [2.24, 2.45) is 0 Å². The van der Waals surface area contributed by atoms with E-state index in [-0.39, 0.29) is 0 Å². The number of sulfonamides is 1. The van der Waals surface area contributed by atoms with Gasteiger partial charge >= 0.3 is 7.12 Å². The lowest BCUT2D eigenvalue weighted by molar-refractivity contribution is 0.00578. The van der Waals surface area contributed by atoms with E-state index in [0.29, 0.717) is 18.0 Å². The van der Waals surface area contributed by atoms with Crippen LogP contribution in [0.4, 0.5) is 0 Å². The summed E-state index contributed by atoms with van der Waals surface area (Å²) in [5.41, 5.74) is 3.18. The van der Waals surface area contributed by atoms with Crippen molar-refractivity contribution in [3.8, 4) is 0 Å². The Hall–Kier alpha value is -1.67. The highest BCUT2D eigenvalue weighted by molar-refractivity contribution is 7.89. The number of hydrogen-bond acceptors (Lipinski definition) is 4. The third kappa shape index (κ3) is 3.20. The molecule has 0 aliphatic carbocycles. The summed E-state index contributed by atoms with van der Waals surface area (Å²) in [7, 11) is -3.97. The van der Waals surface area contributed by atoms with Crippen LogP contribution in [0.5, 0.6) is 0 Å². The third-order valence-corrected chi connectivity index (χ3v) is 7.91. The zero-order valence-corrected chi connectivity index (χ0v) is 17.8. The van der Waals surface area contributed by atoms with Crippen LogP contribution in [-0.2, 0) is 32.4 Å². The first-order valence-corrected chi connectivity index (χ1v) is 11.0. The summed E-state index contributed by atoms with van der Waals surface area (Å²) in [6.45, 7) is 10.8. The Labute approximate surface area is 167 Å². The van der Waals surface area contributed by atoms with Crippen LogP contribution < -0.4 is 5.46 Å². The SMILES string of the molecule is Cc1ccc(S(=O)(=O)N2Cc3ccc(B4OC(C)(C)C(C)(C)O4)cc3C2)cc1. The topological polar surface area (TPSA) is 55.8 Å². The average molecular weight is 399 g/mol. The van der Waals surface area contributed by atoms with E-state index in [2.05, 4.69) is 0 Å². The molecule has 2 aliphatic rings. The molecule has 0 unspecified atom stereocenters. The lowest BCUT2D eigenvalue weighted by Gasteiger charge is -2.32. The van der Waals surface area contributed by atoms with Crippen molar-refractivity contribution in [1.82, 2.24) is 4.31 Å². The van der Waals surface area contributed by atoms with Gasteiger partial charge < -0.3 is 9.31 Å². The lowest BCUT2D eigenvalue weighted by Crippen LogP contribution is -2.41. The zero-order chi connectivity index (χ0) is 20.3. The number of nitrogens with zero attached hydrogens (tertiary/aromatic N) is 1. The highest BCUT2D eigenvalue weighted by Gasteiger charge is 2.51. The van der Waals surface area contributed by atoms with E-state index in [1.807, 2.05) is 65.0 Å². The molecular weight excluding hydrogens is 373 g/mol. The van der Waals surface area contributed by atoms with Gasteiger partial charge in [0.25, 0.3) is 0 Å². The Morgan fingerprint density at radius 1 is 0.893 bits per heavy atom. The van der Waals surface area contributed by atoms with Gasteiger partial charge in [-0.3, -0.25) is 0 Å². The van der Waals surface area contributed by atoms with E-state index >= 15 is 0 Å². The van der Waals surface area contributed by atoms with Crippen molar-refractivity contribution < 1.29 is 17.7 Å². The molecule has 4 rings (SSSR count). The number of rotatable bonds is 3. The highest BCUT2D eigenvalue weighted by atomic mass is 32.2. The van der Waals surface area contributed by atoms with Crippen molar-refractivity contribution in [3.63, 3.8) is 0 Å². The van der Waals surface area contributed by atoms with E-state index in [0.717, 1.165) is 22.2 Å². The van der Waals surface area contributed by atoms with Crippen LogP contribution in [0.25, 0.3) is 0 Å². The van der Waals surface area contributed by atoms with Gasteiger partial charge in [0, 0.05) is 13.1 Å². The van der Waals surface area contributed by atoms with Crippen molar-refractivity contribution in [1.29, 1.82) is 0 Å². The van der Waals surface area contributed by atoms with E-state index in [1.54, 1.807) is 12.1 Å². The van der Waals surface area contributed by atoms with Gasteiger partial charge in [0.15, 0.2) is 0 Å². The maximum Gasteiger partial charge on any atom is 0.494 e. The largest absolute Gasteiger partial charge is 0.494 e. The van der Waals surface area contributed by atoms with E-state index in [9.17, 15) is 8.42 Å². The van der Waals surface area contributed by atoms with Crippen molar-refractivity contribution >= 4 is 22.6 Å². The molecule has 148 valence electrons. The molecule has 1 saturated heterocycles. The lowest BCUT2D eigenvalue weighted by atomic mass is 9.78. The fourth-order valence-corrected chi connectivity index (χ4v) is 4.93. The molecule has 28 heavy (non-hydrogen) atoms. The molecule has 0 radical (unpaired) electrons. The fraction of sp³-hybridized carbons (Fsp3) is 0.429. The second-order valence-electron chi connectivity index (χ2n) is 8.70. The van der Waals surface area contributed by atoms with Crippen LogP contribution in [0.3, 0.4) is 0 Å². The molecule has 0 saturated carbocycles. The highest BCUT2D eigenvalue weighted by Crippen LogP contribution is 2.37. The van der Waals surface area contributed by atoms with Gasteiger partial charge in [0.1, 0.15) is 0 Å². The molecule has 0 spiro atoms. The Kier molecular flexibility index (Phi) is 4.51. The van der Waals surface area contributed by atoms with Crippen molar-refractivity contribution in [3.05, 3.63) is 59.2 Å². The first-order valence-electron chi connectivity index (χ1n) is 9.54. The molecule has 5 nitrogen and oxygen atoms in total. The van der Waals surface area contributed by atoms with Crippen LogP contribution in [0.15, 0.2) is 47.4 Å². The molecule has 7 heteroatoms. The summed E-state index contributed by atoms with van der Waals surface area (Å²) in [5.74, 6) is 0. The second kappa shape index (κ2) is 6.42. The predicted octanol–water partition coefficient (Wildman–Crippen LogP) is 3.00. The van der Waals surface area contributed by atoms with Gasteiger partial charge in [-0.2, -0.15) is 4.31 Å². The Balaban J connectivity index is 1.57. The number of benzene rings is 2. The molecule has 2 aliphatic heterocycles. The molecule has 2 aromatic rings. The molecule has 1 fully saturated rings. The molecular formula is C21H26BNO4S. The third-order valence-electron chi connectivity index (χ3n) is 6.11. The minimum Gasteiger partial charge on any atom is -0.399 e. The second-order valence-corrected chi connectivity index (χ2v) is 10.6. The molecule has 2 heterocycles.